The average Bonchev–Trinajstić information content (AvgIpc) is 3.05. The van der Waals surface area contributed by atoms with Gasteiger partial charge in [0.05, 0.1) is 12.1 Å². The van der Waals surface area contributed by atoms with Crippen molar-refractivity contribution in [3.63, 3.8) is 0 Å². The SMILES string of the molecule is CSc1ccc(C[C@@](C#N)(Cc2ccccc2)C(=O)O)cc1.CSc1ccc(C[C@@](C#N)(Cc2ccccc2)C(=O)O)cc1. The number of benzene rings is 4. The molecular formula is C36H34N2O4S2. The summed E-state index contributed by atoms with van der Waals surface area (Å²) in [5.41, 5.74) is 0.541. The number of carboxylic acid groups (broad SMARTS) is 2. The van der Waals surface area contributed by atoms with E-state index >= 15 is 0 Å². The van der Waals surface area contributed by atoms with E-state index in [9.17, 15) is 30.3 Å². The third kappa shape index (κ3) is 9.25. The molecule has 4 rings (SSSR count). The smallest absolute Gasteiger partial charge is 0.324 e. The average molecular weight is 623 g/mol. The largest absolute Gasteiger partial charge is 0.480 e. The molecule has 8 heteroatoms. The van der Waals surface area contributed by atoms with Crippen molar-refractivity contribution in [1.82, 2.24) is 0 Å². The monoisotopic (exact) mass is 622 g/mol. The Kier molecular flexibility index (Phi) is 12.7. The fourth-order valence-corrected chi connectivity index (χ4v) is 5.57. The van der Waals surface area contributed by atoms with Crippen LogP contribution in [0.25, 0.3) is 0 Å². The molecule has 2 atom stereocenters. The van der Waals surface area contributed by atoms with Crippen LogP contribution >= 0.6 is 23.5 Å². The van der Waals surface area contributed by atoms with Gasteiger partial charge in [0.2, 0.25) is 0 Å². The van der Waals surface area contributed by atoms with Gasteiger partial charge in [0.25, 0.3) is 0 Å². The summed E-state index contributed by atoms with van der Waals surface area (Å²) in [4.78, 5) is 25.7. The summed E-state index contributed by atoms with van der Waals surface area (Å²) in [6.45, 7) is 0. The fourth-order valence-electron chi connectivity index (χ4n) is 4.75. The van der Waals surface area contributed by atoms with Gasteiger partial charge in [0.15, 0.2) is 10.8 Å². The van der Waals surface area contributed by atoms with Gasteiger partial charge >= 0.3 is 11.9 Å². The van der Waals surface area contributed by atoms with E-state index in [2.05, 4.69) is 0 Å². The lowest BCUT2D eigenvalue weighted by Gasteiger charge is -2.22. The first-order valence-corrected chi connectivity index (χ1v) is 16.3. The van der Waals surface area contributed by atoms with Crippen LogP contribution in [-0.2, 0) is 35.3 Å². The summed E-state index contributed by atoms with van der Waals surface area (Å²) < 4.78 is 0. The first kappa shape index (κ1) is 34.0. The van der Waals surface area contributed by atoms with Crippen molar-refractivity contribution in [3.8, 4) is 12.1 Å². The van der Waals surface area contributed by atoms with Gasteiger partial charge in [-0.1, -0.05) is 84.9 Å². The maximum absolute atomic E-state index is 11.8. The number of hydrogen-bond acceptors (Lipinski definition) is 6. The van der Waals surface area contributed by atoms with Gasteiger partial charge in [-0.25, -0.2) is 0 Å². The van der Waals surface area contributed by atoms with Crippen LogP contribution in [0.1, 0.15) is 22.3 Å². The summed E-state index contributed by atoms with van der Waals surface area (Å²) in [6.07, 6.45) is 4.77. The molecule has 44 heavy (non-hydrogen) atoms. The van der Waals surface area contributed by atoms with Crippen LogP contribution < -0.4 is 0 Å². The second-order valence-corrected chi connectivity index (χ2v) is 12.1. The first-order valence-electron chi connectivity index (χ1n) is 13.8. The molecule has 0 aliphatic carbocycles. The van der Waals surface area contributed by atoms with Crippen molar-refractivity contribution in [2.45, 2.75) is 35.5 Å². The van der Waals surface area contributed by atoms with Crippen molar-refractivity contribution in [2.24, 2.45) is 10.8 Å². The van der Waals surface area contributed by atoms with E-state index in [1.54, 1.807) is 23.5 Å². The summed E-state index contributed by atoms with van der Waals surface area (Å²) in [5, 5.41) is 38.3. The zero-order valence-electron chi connectivity index (χ0n) is 24.6. The molecule has 4 aromatic carbocycles. The van der Waals surface area contributed by atoms with E-state index in [4.69, 9.17) is 0 Å². The molecule has 2 N–H and O–H groups in total. The summed E-state index contributed by atoms with van der Waals surface area (Å²) in [7, 11) is 0. The molecule has 0 aliphatic rings. The van der Waals surface area contributed by atoms with Crippen LogP contribution in [0.3, 0.4) is 0 Å². The maximum atomic E-state index is 11.8. The van der Waals surface area contributed by atoms with Crippen molar-refractivity contribution >= 4 is 35.5 Å². The van der Waals surface area contributed by atoms with E-state index in [0.717, 1.165) is 32.0 Å². The van der Waals surface area contributed by atoms with Gasteiger partial charge in [-0.3, -0.25) is 9.59 Å². The molecule has 0 heterocycles. The highest BCUT2D eigenvalue weighted by Crippen LogP contribution is 2.30. The number of nitrogens with zero attached hydrogens (tertiary/aromatic N) is 2. The fraction of sp³-hybridized carbons (Fsp3) is 0.222. The van der Waals surface area contributed by atoms with Gasteiger partial charge < -0.3 is 10.2 Å². The maximum Gasteiger partial charge on any atom is 0.324 e. The van der Waals surface area contributed by atoms with E-state index in [1.165, 1.54) is 0 Å². The van der Waals surface area contributed by atoms with Crippen LogP contribution in [0.4, 0.5) is 0 Å². The molecule has 6 nitrogen and oxygen atoms in total. The Labute approximate surface area is 267 Å². The zero-order valence-corrected chi connectivity index (χ0v) is 26.3. The van der Waals surface area contributed by atoms with Crippen molar-refractivity contribution in [2.75, 3.05) is 12.5 Å². The Hall–Kier alpha value is -4.50. The summed E-state index contributed by atoms with van der Waals surface area (Å²) in [6, 6.07) is 38.0. The first-order chi connectivity index (χ1) is 21.2. The lowest BCUT2D eigenvalue weighted by atomic mass is 9.78. The number of rotatable bonds is 12. The highest BCUT2D eigenvalue weighted by atomic mass is 32.2. The highest BCUT2D eigenvalue weighted by molar-refractivity contribution is 7.98. The standard InChI is InChI=1S/2C18H17NO2S/c2*1-22-16-9-7-15(8-10-16)12-18(13-19,17(20)21)11-14-5-3-2-4-6-14/h2*2-10H,11-12H2,1H3,(H,20,21)/t2*18-/m11/s1. The minimum atomic E-state index is -1.44. The highest BCUT2D eigenvalue weighted by Gasteiger charge is 2.40. The Morgan fingerprint density at radius 2 is 0.818 bits per heavy atom. The summed E-state index contributed by atoms with van der Waals surface area (Å²) >= 11 is 3.26. The van der Waals surface area contributed by atoms with E-state index in [0.29, 0.717) is 0 Å². The van der Waals surface area contributed by atoms with Crippen LogP contribution in [0.2, 0.25) is 0 Å². The lowest BCUT2D eigenvalue weighted by Crippen LogP contribution is -2.34. The number of carboxylic acids is 2. The quantitative estimate of drug-likeness (QED) is 0.155. The number of carbonyl (C=O) groups is 2. The molecule has 0 spiro atoms. The lowest BCUT2D eigenvalue weighted by molar-refractivity contribution is -0.146. The van der Waals surface area contributed by atoms with Crippen molar-refractivity contribution < 1.29 is 19.8 Å². The Bertz CT molecular complexity index is 1480. The minimum Gasteiger partial charge on any atom is -0.480 e. The molecule has 0 aliphatic heterocycles. The van der Waals surface area contributed by atoms with E-state index in [1.807, 2.05) is 134 Å². The molecule has 0 saturated carbocycles. The second-order valence-electron chi connectivity index (χ2n) is 10.4. The number of nitriles is 2. The van der Waals surface area contributed by atoms with Crippen molar-refractivity contribution in [3.05, 3.63) is 131 Å². The third-order valence-electron chi connectivity index (χ3n) is 7.27. The van der Waals surface area contributed by atoms with Gasteiger partial charge in [0, 0.05) is 35.5 Å². The van der Waals surface area contributed by atoms with Gasteiger partial charge in [-0.2, -0.15) is 10.5 Å². The molecule has 0 aromatic heterocycles. The zero-order chi connectivity index (χ0) is 32.0. The molecular weight excluding hydrogens is 589 g/mol. The van der Waals surface area contributed by atoms with Gasteiger partial charge in [-0.05, 0) is 59.0 Å². The van der Waals surface area contributed by atoms with Crippen LogP contribution in [0.15, 0.2) is 119 Å². The van der Waals surface area contributed by atoms with Gasteiger partial charge in [0.1, 0.15) is 0 Å². The predicted octanol–water partition coefficient (Wildman–Crippen LogP) is 7.58. The molecule has 224 valence electrons. The van der Waals surface area contributed by atoms with E-state index < -0.39 is 22.8 Å². The van der Waals surface area contributed by atoms with Crippen molar-refractivity contribution in [1.29, 1.82) is 10.5 Å². The molecule has 0 saturated heterocycles. The minimum absolute atomic E-state index is 0.197. The molecule has 0 unspecified atom stereocenters. The summed E-state index contributed by atoms with van der Waals surface area (Å²) in [5.74, 6) is -2.15. The number of thioether (sulfide) groups is 2. The van der Waals surface area contributed by atoms with E-state index in [-0.39, 0.29) is 25.7 Å². The van der Waals surface area contributed by atoms with Crippen LogP contribution in [0, 0.1) is 33.5 Å². The third-order valence-corrected chi connectivity index (χ3v) is 8.76. The Balaban J connectivity index is 0.000000240. The second kappa shape index (κ2) is 16.4. The topological polar surface area (TPSA) is 122 Å². The van der Waals surface area contributed by atoms with Gasteiger partial charge in [-0.15, -0.1) is 23.5 Å². The Morgan fingerprint density at radius 3 is 1.05 bits per heavy atom. The molecule has 0 fully saturated rings. The van der Waals surface area contributed by atoms with Crippen LogP contribution in [-0.4, -0.2) is 34.7 Å². The molecule has 0 bridgehead atoms. The Morgan fingerprint density at radius 1 is 0.545 bits per heavy atom. The predicted molar refractivity (Wildman–Crippen MR) is 176 cm³/mol. The molecule has 0 radical (unpaired) electrons. The normalized spacial score (nSPS) is 13.1. The molecule has 0 amide bonds. The number of hydrogen-bond donors (Lipinski definition) is 2. The molecule has 4 aromatic rings. The number of aliphatic carboxylic acids is 2. The van der Waals surface area contributed by atoms with Crippen LogP contribution in [0.5, 0.6) is 0 Å².